The molecule has 1 fully saturated rings. The number of nitrogens with one attached hydrogen (secondary N) is 3. The average molecular weight is 484 g/mol. The van der Waals surface area contributed by atoms with Gasteiger partial charge in [-0.3, -0.25) is 9.82 Å². The molecule has 0 unspecified atom stereocenters. The Kier molecular flexibility index (Phi) is 5.56. The number of aryl methyl sites for hydroxylation is 1. The zero-order valence-corrected chi connectivity index (χ0v) is 19.8. The van der Waals surface area contributed by atoms with Gasteiger partial charge in [-0.25, -0.2) is 8.42 Å². The Balaban J connectivity index is 1.46. The van der Waals surface area contributed by atoms with Gasteiger partial charge in [0.2, 0.25) is 0 Å². The Morgan fingerprint density at radius 1 is 1.12 bits per heavy atom. The van der Waals surface area contributed by atoms with Crippen molar-refractivity contribution in [1.29, 1.82) is 0 Å². The van der Waals surface area contributed by atoms with Crippen molar-refractivity contribution in [2.24, 2.45) is 0 Å². The summed E-state index contributed by atoms with van der Waals surface area (Å²) in [6, 6.07) is 10.4. The van der Waals surface area contributed by atoms with Crippen LogP contribution >= 0.6 is 0 Å². The predicted octanol–water partition coefficient (Wildman–Crippen LogP) is 4.55. The maximum atomic E-state index is 13.2. The standard InChI is InChI=1S/C23H25N5O5S/c1-4-13-5-8-18(31-2)21(9-13)34(29,30)28-23-15-10-20(32-3)17(11-19(15)33-27-23)24-22-12-16(25-26-22)14-6-7-14/h5,8-12,14H,4,6-7H2,1-3H3,(H,27,28)(H2,24,25,26). The number of fused-ring (bicyclic) bond motifs is 1. The molecule has 3 N–H and O–H groups in total. The van der Waals surface area contributed by atoms with E-state index >= 15 is 0 Å². The number of methoxy groups -OCH3 is 2. The van der Waals surface area contributed by atoms with Gasteiger partial charge in [-0.15, -0.1) is 0 Å². The summed E-state index contributed by atoms with van der Waals surface area (Å²) in [4.78, 5) is 0.0285. The topological polar surface area (TPSA) is 131 Å². The van der Waals surface area contributed by atoms with Crippen LogP contribution in [0.4, 0.5) is 17.3 Å². The van der Waals surface area contributed by atoms with Gasteiger partial charge in [0.25, 0.3) is 10.0 Å². The molecular formula is C23H25N5O5S. The van der Waals surface area contributed by atoms with Gasteiger partial charge in [0.1, 0.15) is 16.4 Å². The molecular weight excluding hydrogens is 458 g/mol. The first kappa shape index (κ1) is 22.1. The van der Waals surface area contributed by atoms with E-state index in [1.165, 1.54) is 27.1 Å². The summed E-state index contributed by atoms with van der Waals surface area (Å²) in [5, 5.41) is 15.0. The highest BCUT2D eigenvalue weighted by molar-refractivity contribution is 7.92. The number of ether oxygens (including phenoxy) is 2. The Hall–Kier alpha value is -3.73. The van der Waals surface area contributed by atoms with E-state index in [2.05, 4.69) is 25.4 Å². The van der Waals surface area contributed by atoms with Crippen LogP contribution in [-0.4, -0.2) is 38.0 Å². The summed E-state index contributed by atoms with van der Waals surface area (Å²) in [5.74, 6) is 1.99. The molecule has 10 nitrogen and oxygen atoms in total. The van der Waals surface area contributed by atoms with E-state index < -0.39 is 10.0 Å². The Bertz CT molecular complexity index is 1460. The number of hydrogen-bond donors (Lipinski definition) is 3. The molecule has 34 heavy (non-hydrogen) atoms. The molecule has 0 radical (unpaired) electrons. The molecule has 0 amide bonds. The quantitative estimate of drug-likeness (QED) is 0.316. The maximum Gasteiger partial charge on any atom is 0.266 e. The second-order valence-corrected chi connectivity index (χ2v) is 9.78. The number of rotatable bonds is 9. The van der Waals surface area contributed by atoms with Gasteiger partial charge in [0.05, 0.1) is 25.3 Å². The first-order chi connectivity index (χ1) is 16.4. The third-order valence-electron chi connectivity index (χ3n) is 5.83. The van der Waals surface area contributed by atoms with Crippen molar-refractivity contribution in [3.05, 3.63) is 47.7 Å². The number of nitrogens with zero attached hydrogens (tertiary/aromatic N) is 2. The van der Waals surface area contributed by atoms with Crippen LogP contribution in [0.25, 0.3) is 11.0 Å². The zero-order chi connectivity index (χ0) is 23.9. The van der Waals surface area contributed by atoms with E-state index in [4.69, 9.17) is 14.0 Å². The number of anilines is 3. The number of aromatic nitrogens is 3. The predicted molar refractivity (Wildman–Crippen MR) is 128 cm³/mol. The summed E-state index contributed by atoms with van der Waals surface area (Å²) in [6.07, 6.45) is 3.02. The highest BCUT2D eigenvalue weighted by Gasteiger charge is 2.26. The highest BCUT2D eigenvalue weighted by atomic mass is 32.2. The molecule has 0 saturated heterocycles. The number of hydrogen-bond acceptors (Lipinski definition) is 8. The fourth-order valence-corrected chi connectivity index (χ4v) is 5.01. The molecule has 178 valence electrons. The van der Waals surface area contributed by atoms with Gasteiger partial charge in [0, 0.05) is 23.7 Å². The maximum absolute atomic E-state index is 13.2. The summed E-state index contributed by atoms with van der Waals surface area (Å²) < 4.78 is 45.1. The van der Waals surface area contributed by atoms with Gasteiger partial charge >= 0.3 is 0 Å². The zero-order valence-electron chi connectivity index (χ0n) is 19.0. The van der Waals surface area contributed by atoms with Crippen LogP contribution in [0.2, 0.25) is 0 Å². The molecule has 0 bridgehead atoms. The lowest BCUT2D eigenvalue weighted by Crippen LogP contribution is -2.15. The summed E-state index contributed by atoms with van der Waals surface area (Å²) >= 11 is 0. The highest BCUT2D eigenvalue weighted by Crippen LogP contribution is 2.41. The molecule has 2 aromatic heterocycles. The first-order valence-electron chi connectivity index (χ1n) is 10.9. The second kappa shape index (κ2) is 8.56. The monoisotopic (exact) mass is 483 g/mol. The molecule has 5 rings (SSSR count). The number of aromatic amines is 1. The van der Waals surface area contributed by atoms with Crippen molar-refractivity contribution >= 4 is 38.3 Å². The van der Waals surface area contributed by atoms with E-state index in [9.17, 15) is 8.42 Å². The van der Waals surface area contributed by atoms with E-state index in [0.717, 1.165) is 11.3 Å². The van der Waals surface area contributed by atoms with Crippen molar-refractivity contribution in [2.75, 3.05) is 24.3 Å². The minimum atomic E-state index is -4.00. The van der Waals surface area contributed by atoms with Crippen molar-refractivity contribution in [3.8, 4) is 11.5 Å². The van der Waals surface area contributed by atoms with E-state index in [1.54, 1.807) is 24.3 Å². The van der Waals surface area contributed by atoms with Gasteiger partial charge in [0.15, 0.2) is 17.2 Å². The SMILES string of the molecule is CCc1ccc(OC)c(S(=O)(=O)Nc2noc3cc(Nc4cc(C5CC5)[nH]n4)c(OC)cc23)c1. The van der Waals surface area contributed by atoms with Crippen molar-refractivity contribution in [2.45, 2.75) is 37.0 Å². The number of benzene rings is 2. The van der Waals surface area contributed by atoms with Crippen molar-refractivity contribution < 1.29 is 22.4 Å². The first-order valence-corrected chi connectivity index (χ1v) is 12.4. The van der Waals surface area contributed by atoms with Crippen LogP contribution in [0.15, 0.2) is 45.8 Å². The molecule has 2 heterocycles. The average Bonchev–Trinajstić information content (AvgIpc) is 3.48. The molecule has 11 heteroatoms. The molecule has 4 aromatic rings. The molecule has 0 spiro atoms. The Morgan fingerprint density at radius 2 is 1.91 bits per heavy atom. The smallest absolute Gasteiger partial charge is 0.266 e. The molecule has 1 aliphatic rings. The number of sulfonamides is 1. The number of H-pyrrole nitrogens is 1. The van der Waals surface area contributed by atoms with Crippen LogP contribution in [-0.2, 0) is 16.4 Å². The van der Waals surface area contributed by atoms with Crippen LogP contribution in [0, 0.1) is 0 Å². The van der Waals surface area contributed by atoms with Crippen LogP contribution in [0.5, 0.6) is 11.5 Å². The fourth-order valence-electron chi connectivity index (χ4n) is 3.78. The van der Waals surface area contributed by atoms with Gasteiger partial charge in [-0.05, 0) is 43.0 Å². The Labute approximate surface area is 196 Å². The molecule has 1 aliphatic carbocycles. The second-order valence-electron chi connectivity index (χ2n) is 8.13. The van der Waals surface area contributed by atoms with E-state index in [0.29, 0.717) is 40.6 Å². The molecule has 0 atom stereocenters. The van der Waals surface area contributed by atoms with Crippen LogP contribution in [0.1, 0.15) is 36.9 Å². The minimum absolute atomic E-state index is 0.0285. The molecule has 0 aliphatic heterocycles. The van der Waals surface area contributed by atoms with E-state index in [1.807, 2.05) is 19.1 Å². The Morgan fingerprint density at radius 3 is 2.62 bits per heavy atom. The molecule has 1 saturated carbocycles. The van der Waals surface area contributed by atoms with E-state index in [-0.39, 0.29) is 16.5 Å². The van der Waals surface area contributed by atoms with Crippen molar-refractivity contribution in [3.63, 3.8) is 0 Å². The normalized spacial score (nSPS) is 13.7. The molecule has 2 aromatic carbocycles. The van der Waals surface area contributed by atoms with Gasteiger partial charge in [-0.1, -0.05) is 18.1 Å². The summed E-state index contributed by atoms with van der Waals surface area (Å²) in [5.41, 5.74) is 2.97. The minimum Gasteiger partial charge on any atom is -0.495 e. The van der Waals surface area contributed by atoms with Gasteiger partial charge in [-0.2, -0.15) is 5.10 Å². The van der Waals surface area contributed by atoms with Gasteiger partial charge < -0.3 is 19.3 Å². The third-order valence-corrected chi connectivity index (χ3v) is 7.19. The largest absolute Gasteiger partial charge is 0.495 e. The lowest BCUT2D eigenvalue weighted by molar-refractivity contribution is 0.402. The summed E-state index contributed by atoms with van der Waals surface area (Å²) in [7, 11) is -1.03. The van der Waals surface area contributed by atoms with Crippen molar-refractivity contribution in [1.82, 2.24) is 15.4 Å². The van der Waals surface area contributed by atoms with Crippen LogP contribution in [0.3, 0.4) is 0 Å². The summed E-state index contributed by atoms with van der Waals surface area (Å²) in [6.45, 7) is 1.95. The fraction of sp³-hybridized carbons (Fsp3) is 0.304. The van der Waals surface area contributed by atoms with Crippen LogP contribution < -0.4 is 19.5 Å². The lowest BCUT2D eigenvalue weighted by atomic mass is 10.2. The lowest BCUT2D eigenvalue weighted by Gasteiger charge is -2.12. The third kappa shape index (κ3) is 4.14.